The Morgan fingerprint density at radius 1 is 1.18 bits per heavy atom. The lowest BCUT2D eigenvalue weighted by Crippen LogP contribution is -2.38. The van der Waals surface area contributed by atoms with Crippen molar-refractivity contribution in [2.75, 3.05) is 26.3 Å². The summed E-state index contributed by atoms with van der Waals surface area (Å²) < 4.78 is 5.49. The first-order valence-corrected chi connectivity index (χ1v) is 6.30. The molecule has 0 heterocycles. The molecule has 0 saturated heterocycles. The van der Waals surface area contributed by atoms with E-state index < -0.39 is 6.10 Å². The number of ether oxygens (including phenoxy) is 1. The molecule has 3 N–H and O–H groups in total. The molecule has 4 nitrogen and oxygen atoms in total. The molecular weight excluding hydrogens is 218 g/mol. The maximum absolute atomic E-state index is 9.70. The Balaban J connectivity index is 3.67. The van der Waals surface area contributed by atoms with E-state index in [1.165, 1.54) is 0 Å². The van der Waals surface area contributed by atoms with Crippen molar-refractivity contribution in [1.29, 1.82) is 0 Å². The Morgan fingerprint density at radius 2 is 1.76 bits per heavy atom. The zero-order valence-corrected chi connectivity index (χ0v) is 11.9. The highest BCUT2D eigenvalue weighted by Crippen LogP contribution is 2.17. The van der Waals surface area contributed by atoms with Crippen LogP contribution in [0.1, 0.15) is 41.0 Å². The molecule has 0 aromatic rings. The van der Waals surface area contributed by atoms with Gasteiger partial charge in [0.2, 0.25) is 0 Å². The molecule has 0 spiro atoms. The average Bonchev–Trinajstić information content (AvgIpc) is 2.13. The van der Waals surface area contributed by atoms with Crippen molar-refractivity contribution in [3.63, 3.8) is 0 Å². The third-order valence-corrected chi connectivity index (χ3v) is 2.48. The minimum absolute atomic E-state index is 0.0549. The predicted octanol–water partition coefficient (Wildman–Crippen LogP) is 1.16. The number of rotatable bonds is 8. The molecule has 0 aromatic heterocycles. The molecule has 0 fully saturated rings. The minimum atomic E-state index is -0.487. The van der Waals surface area contributed by atoms with Crippen LogP contribution >= 0.6 is 0 Å². The highest BCUT2D eigenvalue weighted by molar-refractivity contribution is 4.72. The zero-order chi connectivity index (χ0) is 13.5. The zero-order valence-electron chi connectivity index (χ0n) is 11.9. The van der Waals surface area contributed by atoms with E-state index in [9.17, 15) is 5.11 Å². The summed E-state index contributed by atoms with van der Waals surface area (Å²) in [6.07, 6.45) is 0.272. The third kappa shape index (κ3) is 10.7. The Labute approximate surface area is 105 Å². The largest absolute Gasteiger partial charge is 0.396 e. The Kier molecular flexibility index (Phi) is 7.24. The van der Waals surface area contributed by atoms with E-state index in [0.717, 1.165) is 13.0 Å². The van der Waals surface area contributed by atoms with Crippen LogP contribution < -0.4 is 5.32 Å². The van der Waals surface area contributed by atoms with Gasteiger partial charge in [0.05, 0.1) is 18.3 Å². The van der Waals surface area contributed by atoms with E-state index in [-0.39, 0.29) is 17.6 Å². The van der Waals surface area contributed by atoms with Crippen LogP contribution in [0.15, 0.2) is 0 Å². The van der Waals surface area contributed by atoms with Crippen LogP contribution in [0.4, 0.5) is 0 Å². The highest BCUT2D eigenvalue weighted by atomic mass is 16.5. The van der Waals surface area contributed by atoms with Crippen LogP contribution in [0.25, 0.3) is 0 Å². The molecule has 0 aliphatic heterocycles. The molecule has 0 aromatic carbocycles. The lowest BCUT2D eigenvalue weighted by atomic mass is 9.90. The number of hydrogen-bond donors (Lipinski definition) is 3. The van der Waals surface area contributed by atoms with Gasteiger partial charge >= 0.3 is 0 Å². The summed E-state index contributed by atoms with van der Waals surface area (Å²) in [5.41, 5.74) is -0.156. The van der Waals surface area contributed by atoms with Gasteiger partial charge in [0.1, 0.15) is 0 Å². The first-order valence-electron chi connectivity index (χ1n) is 6.30. The second kappa shape index (κ2) is 7.31. The van der Waals surface area contributed by atoms with Crippen LogP contribution in [0, 0.1) is 5.41 Å². The van der Waals surface area contributed by atoms with Crippen LogP contribution in [-0.4, -0.2) is 48.2 Å². The van der Waals surface area contributed by atoms with E-state index in [2.05, 4.69) is 19.2 Å². The lowest BCUT2D eigenvalue weighted by Gasteiger charge is -2.26. The normalized spacial score (nSPS) is 15.0. The molecule has 1 atom stereocenters. The van der Waals surface area contributed by atoms with Gasteiger partial charge in [0.25, 0.3) is 0 Å². The second-order valence-corrected chi connectivity index (χ2v) is 6.35. The van der Waals surface area contributed by atoms with Crippen molar-refractivity contribution < 1.29 is 14.9 Å². The van der Waals surface area contributed by atoms with Gasteiger partial charge in [-0.05, 0) is 32.6 Å². The van der Waals surface area contributed by atoms with Crippen LogP contribution in [0.5, 0.6) is 0 Å². The van der Waals surface area contributed by atoms with Crippen molar-refractivity contribution in [3.05, 3.63) is 0 Å². The summed E-state index contributed by atoms with van der Waals surface area (Å²) in [6.45, 7) is 11.9. The van der Waals surface area contributed by atoms with Crippen LogP contribution in [-0.2, 0) is 4.74 Å². The molecular formula is C13H29NO3. The van der Waals surface area contributed by atoms with E-state index in [1.54, 1.807) is 0 Å². The van der Waals surface area contributed by atoms with Gasteiger partial charge in [-0.15, -0.1) is 0 Å². The quantitative estimate of drug-likeness (QED) is 0.602. The highest BCUT2D eigenvalue weighted by Gasteiger charge is 2.18. The summed E-state index contributed by atoms with van der Waals surface area (Å²) in [5.74, 6) is 0. The predicted molar refractivity (Wildman–Crippen MR) is 70.1 cm³/mol. The Hall–Kier alpha value is -0.160. The summed E-state index contributed by atoms with van der Waals surface area (Å²) in [4.78, 5) is 0. The van der Waals surface area contributed by atoms with Gasteiger partial charge in [-0.25, -0.2) is 0 Å². The van der Waals surface area contributed by atoms with Gasteiger partial charge in [0, 0.05) is 19.7 Å². The SMILES string of the molecule is CC(C)(CCO)CNCC(O)COC(C)(C)C. The molecule has 17 heavy (non-hydrogen) atoms. The average molecular weight is 247 g/mol. The fourth-order valence-electron chi connectivity index (χ4n) is 1.37. The molecule has 1 unspecified atom stereocenters. The first-order chi connectivity index (χ1) is 7.66. The molecule has 0 aliphatic rings. The number of nitrogens with one attached hydrogen (secondary N) is 1. The molecule has 0 rings (SSSR count). The monoisotopic (exact) mass is 247 g/mol. The maximum atomic E-state index is 9.70. The fraction of sp³-hybridized carbons (Fsp3) is 1.00. The molecule has 0 amide bonds. The molecule has 4 heteroatoms. The van der Waals surface area contributed by atoms with E-state index >= 15 is 0 Å². The lowest BCUT2D eigenvalue weighted by molar-refractivity contribution is -0.0482. The molecule has 0 saturated carbocycles. The number of aliphatic hydroxyl groups is 2. The molecule has 0 aliphatic carbocycles. The first kappa shape index (κ1) is 16.8. The van der Waals surface area contributed by atoms with E-state index in [4.69, 9.17) is 9.84 Å². The van der Waals surface area contributed by atoms with Crippen molar-refractivity contribution in [2.45, 2.75) is 52.7 Å². The van der Waals surface area contributed by atoms with E-state index in [1.807, 2.05) is 20.8 Å². The van der Waals surface area contributed by atoms with Crippen molar-refractivity contribution >= 4 is 0 Å². The van der Waals surface area contributed by atoms with Gasteiger partial charge < -0.3 is 20.3 Å². The Morgan fingerprint density at radius 3 is 2.24 bits per heavy atom. The summed E-state index contributed by atoms with van der Waals surface area (Å²) in [6, 6.07) is 0. The second-order valence-electron chi connectivity index (χ2n) is 6.35. The van der Waals surface area contributed by atoms with Gasteiger partial charge in [0.15, 0.2) is 0 Å². The summed E-state index contributed by atoms with van der Waals surface area (Å²) >= 11 is 0. The van der Waals surface area contributed by atoms with Crippen molar-refractivity contribution in [1.82, 2.24) is 5.32 Å². The standard InChI is InChI=1S/C13H29NO3/c1-12(2,3)17-9-11(16)8-14-10-13(4,5)6-7-15/h11,14-16H,6-10H2,1-5H3. The topological polar surface area (TPSA) is 61.7 Å². The molecule has 104 valence electrons. The summed E-state index contributed by atoms with van der Waals surface area (Å²) in [7, 11) is 0. The molecule has 0 bridgehead atoms. The van der Waals surface area contributed by atoms with Gasteiger partial charge in [-0.3, -0.25) is 0 Å². The third-order valence-electron chi connectivity index (χ3n) is 2.48. The maximum Gasteiger partial charge on any atom is 0.0897 e. The smallest absolute Gasteiger partial charge is 0.0897 e. The van der Waals surface area contributed by atoms with Gasteiger partial charge in [-0.1, -0.05) is 13.8 Å². The van der Waals surface area contributed by atoms with E-state index in [0.29, 0.717) is 13.2 Å². The van der Waals surface area contributed by atoms with Crippen molar-refractivity contribution in [2.24, 2.45) is 5.41 Å². The summed E-state index contributed by atoms with van der Waals surface area (Å²) in [5, 5.41) is 21.8. The number of hydrogen-bond acceptors (Lipinski definition) is 4. The van der Waals surface area contributed by atoms with Crippen LogP contribution in [0.3, 0.4) is 0 Å². The Bertz CT molecular complexity index is 199. The number of aliphatic hydroxyl groups excluding tert-OH is 2. The van der Waals surface area contributed by atoms with Crippen molar-refractivity contribution in [3.8, 4) is 0 Å². The van der Waals surface area contributed by atoms with Crippen LogP contribution in [0.2, 0.25) is 0 Å². The van der Waals surface area contributed by atoms with Gasteiger partial charge in [-0.2, -0.15) is 0 Å². The fourth-order valence-corrected chi connectivity index (χ4v) is 1.37. The molecule has 0 radical (unpaired) electrons. The minimum Gasteiger partial charge on any atom is -0.396 e.